The number of nitrogens with zero attached hydrogens (tertiary/aromatic N) is 1. The average Bonchev–Trinajstić information content (AvgIpc) is 2.67. The molecule has 26 heavy (non-hydrogen) atoms. The van der Waals surface area contributed by atoms with E-state index in [9.17, 15) is 9.59 Å². The van der Waals surface area contributed by atoms with Crippen molar-refractivity contribution in [3.8, 4) is 0 Å². The first-order valence-electron chi connectivity index (χ1n) is 8.75. The van der Waals surface area contributed by atoms with Crippen molar-refractivity contribution in [3.63, 3.8) is 0 Å². The van der Waals surface area contributed by atoms with Gasteiger partial charge in [-0.3, -0.25) is 4.79 Å². The van der Waals surface area contributed by atoms with E-state index in [1.54, 1.807) is 17.8 Å². The molecule has 0 radical (unpaired) electrons. The zero-order valence-corrected chi connectivity index (χ0v) is 15.9. The Morgan fingerprint density at radius 1 is 1.19 bits per heavy atom. The van der Waals surface area contributed by atoms with Crippen molar-refractivity contribution < 1.29 is 14.3 Å². The number of hydrogen-bond acceptors (Lipinski definition) is 4. The fourth-order valence-electron chi connectivity index (χ4n) is 3.30. The van der Waals surface area contributed by atoms with Crippen molar-refractivity contribution in [1.82, 2.24) is 0 Å². The Balaban J connectivity index is 1.62. The first-order valence-corrected chi connectivity index (χ1v) is 9.90. The van der Waals surface area contributed by atoms with Crippen LogP contribution < -0.4 is 4.90 Å². The van der Waals surface area contributed by atoms with Crippen LogP contribution in [0.2, 0.25) is 0 Å². The van der Waals surface area contributed by atoms with Gasteiger partial charge in [0.15, 0.2) is 0 Å². The monoisotopic (exact) mass is 369 g/mol. The van der Waals surface area contributed by atoms with Crippen LogP contribution in [0.1, 0.15) is 34.8 Å². The first kappa shape index (κ1) is 18.5. The fourth-order valence-corrected chi connectivity index (χ4v) is 4.13. The predicted octanol–water partition coefficient (Wildman–Crippen LogP) is 4.07. The Bertz CT molecular complexity index is 805. The van der Waals surface area contributed by atoms with E-state index in [1.165, 1.54) is 12.7 Å². The van der Waals surface area contributed by atoms with Crippen LogP contribution >= 0.6 is 11.8 Å². The number of amides is 1. The molecule has 1 aliphatic rings. The van der Waals surface area contributed by atoms with Crippen LogP contribution in [0.5, 0.6) is 0 Å². The summed E-state index contributed by atoms with van der Waals surface area (Å²) >= 11 is 1.57. The second-order valence-corrected chi connectivity index (χ2v) is 7.45. The molecule has 0 unspecified atom stereocenters. The zero-order valence-electron chi connectivity index (χ0n) is 15.1. The maximum absolute atomic E-state index is 12.8. The number of rotatable bonds is 5. The number of hydrogen-bond donors (Lipinski definition) is 0. The second kappa shape index (κ2) is 8.41. The molecule has 1 amide bonds. The van der Waals surface area contributed by atoms with Crippen molar-refractivity contribution >= 4 is 29.3 Å². The number of para-hydroxylation sites is 1. The molecule has 4 nitrogen and oxygen atoms in total. The number of methoxy groups -OCH3 is 1. The molecule has 0 bridgehead atoms. The van der Waals surface area contributed by atoms with Gasteiger partial charge in [-0.1, -0.05) is 30.3 Å². The molecule has 0 aliphatic carbocycles. The third kappa shape index (κ3) is 4.10. The predicted molar refractivity (Wildman–Crippen MR) is 106 cm³/mol. The molecule has 1 atom stereocenters. The minimum Gasteiger partial charge on any atom is -0.465 e. The van der Waals surface area contributed by atoms with Gasteiger partial charge in [-0.15, -0.1) is 11.8 Å². The average molecular weight is 369 g/mol. The van der Waals surface area contributed by atoms with Crippen LogP contribution in [0.25, 0.3) is 0 Å². The molecule has 0 saturated carbocycles. The summed E-state index contributed by atoms with van der Waals surface area (Å²) in [6.07, 6.45) is 2.02. The molecule has 0 fully saturated rings. The smallest absolute Gasteiger partial charge is 0.337 e. The van der Waals surface area contributed by atoms with Crippen LogP contribution in [-0.2, 0) is 21.7 Å². The number of aryl methyl sites for hydroxylation is 1. The molecular weight excluding hydrogens is 346 g/mol. The molecule has 3 rings (SSSR count). The van der Waals surface area contributed by atoms with E-state index in [2.05, 4.69) is 13.0 Å². The van der Waals surface area contributed by atoms with Gasteiger partial charge >= 0.3 is 5.97 Å². The number of fused-ring (bicyclic) bond motifs is 1. The molecule has 5 heteroatoms. The van der Waals surface area contributed by atoms with E-state index in [-0.39, 0.29) is 17.9 Å². The fraction of sp³-hybridized carbons (Fsp3) is 0.333. The van der Waals surface area contributed by atoms with Gasteiger partial charge in [0.1, 0.15) is 0 Å². The Morgan fingerprint density at radius 3 is 2.81 bits per heavy atom. The molecule has 0 saturated heterocycles. The number of thioether (sulfide) groups is 1. The van der Waals surface area contributed by atoms with Gasteiger partial charge in [-0.2, -0.15) is 0 Å². The highest BCUT2D eigenvalue weighted by molar-refractivity contribution is 7.99. The molecule has 0 aromatic heterocycles. The molecular formula is C21H23NO3S. The second-order valence-electron chi connectivity index (χ2n) is 6.46. The lowest BCUT2D eigenvalue weighted by molar-refractivity contribution is -0.116. The van der Waals surface area contributed by atoms with Crippen molar-refractivity contribution in [1.29, 1.82) is 0 Å². The Kier molecular flexibility index (Phi) is 5.99. The summed E-state index contributed by atoms with van der Waals surface area (Å²) in [7, 11) is 1.38. The summed E-state index contributed by atoms with van der Waals surface area (Å²) < 4.78 is 4.75. The maximum Gasteiger partial charge on any atom is 0.337 e. The molecule has 0 N–H and O–H groups in total. The van der Waals surface area contributed by atoms with Gasteiger partial charge in [0, 0.05) is 17.5 Å². The van der Waals surface area contributed by atoms with Gasteiger partial charge < -0.3 is 9.64 Å². The molecule has 136 valence electrons. The number of carbonyl (C=O) groups is 2. The largest absolute Gasteiger partial charge is 0.465 e. The normalized spacial score (nSPS) is 16.1. The lowest BCUT2D eigenvalue weighted by Gasteiger charge is -2.35. The summed E-state index contributed by atoms with van der Waals surface area (Å²) in [5.74, 6) is 0.895. The van der Waals surface area contributed by atoms with Crippen molar-refractivity contribution in [2.75, 3.05) is 17.8 Å². The van der Waals surface area contributed by atoms with Gasteiger partial charge in [0.25, 0.3) is 0 Å². The summed E-state index contributed by atoms with van der Waals surface area (Å²) in [5, 5.41) is 0. The van der Waals surface area contributed by atoms with Crippen LogP contribution in [-0.4, -0.2) is 30.8 Å². The number of esters is 1. The van der Waals surface area contributed by atoms with Crippen LogP contribution in [0.15, 0.2) is 48.5 Å². The lowest BCUT2D eigenvalue weighted by Crippen LogP contribution is -2.43. The highest BCUT2D eigenvalue weighted by Gasteiger charge is 2.27. The number of ether oxygens (including phenoxy) is 1. The third-order valence-corrected chi connectivity index (χ3v) is 5.62. The summed E-state index contributed by atoms with van der Waals surface area (Å²) in [5.41, 5.74) is 3.84. The highest BCUT2D eigenvalue weighted by atomic mass is 32.2. The summed E-state index contributed by atoms with van der Waals surface area (Å²) in [6, 6.07) is 15.7. The van der Waals surface area contributed by atoms with Gasteiger partial charge in [0.05, 0.1) is 18.4 Å². The minimum absolute atomic E-state index is 0.138. The Hall–Kier alpha value is -2.27. The first-order chi connectivity index (χ1) is 12.6. The lowest BCUT2D eigenvalue weighted by atomic mass is 9.97. The van der Waals surface area contributed by atoms with E-state index in [1.807, 2.05) is 41.3 Å². The molecule has 1 heterocycles. The Morgan fingerprint density at radius 2 is 2.00 bits per heavy atom. The third-order valence-electron chi connectivity index (χ3n) is 4.63. The van der Waals surface area contributed by atoms with E-state index < -0.39 is 0 Å². The van der Waals surface area contributed by atoms with E-state index in [0.717, 1.165) is 24.1 Å². The van der Waals surface area contributed by atoms with Crippen LogP contribution in [0, 0.1) is 0 Å². The molecule has 2 aromatic carbocycles. The van der Waals surface area contributed by atoms with E-state index in [4.69, 9.17) is 4.74 Å². The molecule has 2 aromatic rings. The molecule has 0 spiro atoms. The maximum atomic E-state index is 12.8. The number of carbonyl (C=O) groups excluding carboxylic acids is 2. The van der Waals surface area contributed by atoms with Crippen molar-refractivity contribution in [2.24, 2.45) is 0 Å². The van der Waals surface area contributed by atoms with Crippen LogP contribution in [0.3, 0.4) is 0 Å². The summed E-state index contributed by atoms with van der Waals surface area (Å²) in [6.45, 7) is 2.11. The minimum atomic E-state index is -0.341. The quantitative estimate of drug-likeness (QED) is 0.745. The van der Waals surface area contributed by atoms with Gasteiger partial charge in [-0.05, 0) is 49.1 Å². The molecule has 1 aliphatic heterocycles. The standard InChI is InChI=1S/C21H23NO3S/c1-15-10-11-17-7-3-4-9-19(17)22(15)20(23)14-26-13-16-6-5-8-18(12-16)21(24)25-2/h3-9,12,15H,10-11,13-14H2,1-2H3/t15-/m1/s1. The van der Waals surface area contributed by atoms with Crippen molar-refractivity contribution in [3.05, 3.63) is 65.2 Å². The number of benzene rings is 2. The van der Waals surface area contributed by atoms with E-state index in [0.29, 0.717) is 17.1 Å². The SMILES string of the molecule is COC(=O)c1cccc(CSCC(=O)N2c3ccccc3CC[C@H]2C)c1. The van der Waals surface area contributed by atoms with Crippen molar-refractivity contribution in [2.45, 2.75) is 31.6 Å². The van der Waals surface area contributed by atoms with Gasteiger partial charge in [-0.25, -0.2) is 4.79 Å². The van der Waals surface area contributed by atoms with E-state index >= 15 is 0 Å². The zero-order chi connectivity index (χ0) is 18.5. The van der Waals surface area contributed by atoms with Crippen LogP contribution in [0.4, 0.5) is 5.69 Å². The number of anilines is 1. The van der Waals surface area contributed by atoms with Gasteiger partial charge in [0.2, 0.25) is 5.91 Å². The summed E-state index contributed by atoms with van der Waals surface area (Å²) in [4.78, 5) is 26.4. The highest BCUT2D eigenvalue weighted by Crippen LogP contribution is 2.31. The Labute approximate surface area is 158 Å². The topological polar surface area (TPSA) is 46.6 Å².